The van der Waals surface area contributed by atoms with Crippen molar-refractivity contribution in [3.8, 4) is 6.07 Å². The van der Waals surface area contributed by atoms with Gasteiger partial charge in [-0.1, -0.05) is 13.8 Å². The fraction of sp³-hybridized carbons (Fsp3) is 0.500. The number of rotatable bonds is 9. The van der Waals surface area contributed by atoms with Crippen molar-refractivity contribution in [2.24, 2.45) is 0 Å². The van der Waals surface area contributed by atoms with Gasteiger partial charge < -0.3 is 15.1 Å². The van der Waals surface area contributed by atoms with Crippen LogP contribution >= 0.6 is 0 Å². The highest BCUT2D eigenvalue weighted by Crippen LogP contribution is 2.24. The third kappa shape index (κ3) is 6.68. The lowest BCUT2D eigenvalue weighted by Crippen LogP contribution is -2.45. The number of pyridine rings is 1. The van der Waals surface area contributed by atoms with Crippen LogP contribution in [0.4, 0.5) is 11.6 Å². The molecule has 36 heavy (non-hydrogen) atoms. The largest absolute Gasteiger partial charge is 0.374 e. The van der Waals surface area contributed by atoms with Gasteiger partial charge in [0.2, 0.25) is 5.95 Å². The summed E-state index contributed by atoms with van der Waals surface area (Å²) in [5.41, 5.74) is 5.53. The topological polar surface area (TPSA) is 84.2 Å². The molecule has 0 amide bonds. The fourth-order valence-corrected chi connectivity index (χ4v) is 4.78. The van der Waals surface area contributed by atoms with Crippen LogP contribution in [0, 0.1) is 11.3 Å². The van der Waals surface area contributed by atoms with Gasteiger partial charge >= 0.3 is 0 Å². The van der Waals surface area contributed by atoms with E-state index in [0.29, 0.717) is 11.5 Å². The molecule has 0 saturated carbocycles. The Morgan fingerprint density at radius 2 is 1.78 bits per heavy atom. The molecule has 0 aromatic carbocycles. The number of anilines is 2. The zero-order valence-electron chi connectivity index (χ0n) is 21.9. The lowest BCUT2D eigenvalue weighted by atomic mass is 10.0. The quantitative estimate of drug-likeness (QED) is 0.411. The van der Waals surface area contributed by atoms with Gasteiger partial charge in [-0.15, -0.1) is 0 Å². The number of nitrogens with zero attached hydrogens (tertiary/aromatic N) is 7. The molecule has 2 aliphatic rings. The van der Waals surface area contributed by atoms with Gasteiger partial charge in [0.1, 0.15) is 6.07 Å². The van der Waals surface area contributed by atoms with Crippen LogP contribution in [0.3, 0.4) is 0 Å². The third-order valence-corrected chi connectivity index (χ3v) is 7.15. The number of likely N-dealkylation sites (tertiary alicyclic amines) is 1. The fourth-order valence-electron chi connectivity index (χ4n) is 4.78. The molecule has 2 saturated heterocycles. The molecule has 0 spiro atoms. The van der Waals surface area contributed by atoms with Crippen molar-refractivity contribution in [2.75, 3.05) is 51.1 Å². The van der Waals surface area contributed by atoms with Gasteiger partial charge in [0.15, 0.2) is 0 Å². The number of piperazine rings is 1. The van der Waals surface area contributed by atoms with Gasteiger partial charge in [-0.25, -0.2) is 9.97 Å². The van der Waals surface area contributed by atoms with Crippen molar-refractivity contribution in [1.82, 2.24) is 29.7 Å². The predicted molar refractivity (Wildman–Crippen MR) is 144 cm³/mol. The van der Waals surface area contributed by atoms with Crippen molar-refractivity contribution in [2.45, 2.75) is 46.6 Å². The highest BCUT2D eigenvalue weighted by molar-refractivity contribution is 5.68. The van der Waals surface area contributed by atoms with Gasteiger partial charge in [-0.05, 0) is 62.6 Å². The highest BCUT2D eigenvalue weighted by Gasteiger charge is 2.17. The number of hydrogen-bond donors (Lipinski definition) is 1. The summed E-state index contributed by atoms with van der Waals surface area (Å²) in [6.45, 7) is 14.8. The van der Waals surface area contributed by atoms with Crippen LogP contribution in [0.15, 0.2) is 47.9 Å². The van der Waals surface area contributed by atoms with E-state index >= 15 is 0 Å². The molecule has 4 heterocycles. The molecule has 190 valence electrons. The number of nitrogens with one attached hydrogen (secondary N) is 1. The van der Waals surface area contributed by atoms with Crippen LogP contribution in [0.1, 0.15) is 51.4 Å². The van der Waals surface area contributed by atoms with Gasteiger partial charge in [0.05, 0.1) is 28.8 Å². The van der Waals surface area contributed by atoms with Gasteiger partial charge in [0, 0.05) is 57.7 Å². The average molecular weight is 487 g/mol. The Morgan fingerprint density at radius 3 is 2.42 bits per heavy atom. The molecule has 2 aromatic heterocycles. The summed E-state index contributed by atoms with van der Waals surface area (Å²) in [7, 11) is 0. The Morgan fingerprint density at radius 1 is 1.03 bits per heavy atom. The smallest absolute Gasteiger partial charge is 0.227 e. The summed E-state index contributed by atoms with van der Waals surface area (Å²) in [4.78, 5) is 21.0. The van der Waals surface area contributed by atoms with Crippen LogP contribution < -0.4 is 5.32 Å². The van der Waals surface area contributed by atoms with Crippen molar-refractivity contribution < 1.29 is 0 Å². The average Bonchev–Trinajstić information content (AvgIpc) is 3.46. The monoisotopic (exact) mass is 486 g/mol. The van der Waals surface area contributed by atoms with E-state index < -0.39 is 0 Å². The van der Waals surface area contributed by atoms with Crippen molar-refractivity contribution in [3.63, 3.8) is 0 Å². The first-order chi connectivity index (χ1) is 17.6. The van der Waals surface area contributed by atoms with E-state index in [1.165, 1.54) is 12.8 Å². The molecule has 2 aliphatic heterocycles. The lowest BCUT2D eigenvalue weighted by Gasteiger charge is -2.33. The van der Waals surface area contributed by atoms with E-state index in [1.54, 1.807) is 6.20 Å². The Kier molecular flexibility index (Phi) is 9.04. The molecule has 0 unspecified atom stereocenters. The summed E-state index contributed by atoms with van der Waals surface area (Å²) < 4.78 is 0. The maximum absolute atomic E-state index is 9.81. The molecule has 0 bridgehead atoms. The molecule has 1 N–H and O–H groups in total. The normalized spacial score (nSPS) is 18.2. The molecule has 4 rings (SSSR count). The molecule has 2 aromatic rings. The van der Waals surface area contributed by atoms with Crippen molar-refractivity contribution in [3.05, 3.63) is 59.3 Å². The minimum Gasteiger partial charge on any atom is -0.374 e. The van der Waals surface area contributed by atoms with Crippen molar-refractivity contribution >= 4 is 17.2 Å². The second-order valence-electron chi connectivity index (χ2n) is 9.47. The van der Waals surface area contributed by atoms with E-state index in [0.717, 1.165) is 87.1 Å². The summed E-state index contributed by atoms with van der Waals surface area (Å²) in [5.74, 6) is 0.524. The van der Waals surface area contributed by atoms with Gasteiger partial charge in [0.25, 0.3) is 0 Å². The molecular weight excluding hydrogens is 448 g/mol. The Labute approximate surface area is 215 Å². The lowest BCUT2D eigenvalue weighted by molar-refractivity contribution is 0.131. The summed E-state index contributed by atoms with van der Waals surface area (Å²) in [5, 5.41) is 13.1. The Hall–Kier alpha value is -3.28. The van der Waals surface area contributed by atoms with Crippen molar-refractivity contribution in [1.29, 1.82) is 5.26 Å². The molecule has 8 heteroatoms. The first kappa shape index (κ1) is 25.8. The van der Waals surface area contributed by atoms with E-state index in [9.17, 15) is 5.26 Å². The Balaban J connectivity index is 1.42. The maximum Gasteiger partial charge on any atom is 0.227 e. The van der Waals surface area contributed by atoms with Gasteiger partial charge in [-0.3, -0.25) is 9.88 Å². The molecule has 0 radical (unpaired) electrons. The molecule has 2 fully saturated rings. The number of hydrogen-bond acceptors (Lipinski definition) is 8. The minimum atomic E-state index is 0.524. The number of nitriles is 1. The zero-order valence-corrected chi connectivity index (χ0v) is 21.9. The van der Waals surface area contributed by atoms with Crippen LogP contribution in [0.5, 0.6) is 0 Å². The zero-order chi connectivity index (χ0) is 25.3. The second kappa shape index (κ2) is 12.6. The minimum absolute atomic E-state index is 0.524. The van der Waals surface area contributed by atoms with E-state index in [2.05, 4.69) is 56.0 Å². The molecule has 0 aliphatic carbocycles. The van der Waals surface area contributed by atoms with E-state index in [-0.39, 0.29) is 0 Å². The first-order valence-electron chi connectivity index (χ1n) is 13.2. The summed E-state index contributed by atoms with van der Waals surface area (Å²) in [6.07, 6.45) is 8.74. The second-order valence-corrected chi connectivity index (χ2v) is 9.47. The van der Waals surface area contributed by atoms with Crippen LogP contribution in [0.2, 0.25) is 0 Å². The SMILES string of the molecule is CC/C(=C\C(C#N)=C(/C)N1CCCC1)c1ccnc(Nc2ccc(CN3CCN(CC)CC3)nc2)n1. The predicted octanol–water partition coefficient (Wildman–Crippen LogP) is 4.44. The van der Waals surface area contributed by atoms with E-state index in [1.807, 2.05) is 31.3 Å². The standard InChI is InChI=1S/C28H38N8/c1-4-23(18-24(19-29)22(3)36-12-6-7-13-36)27-10-11-30-28(33-27)32-25-8-9-26(31-20-25)21-35-16-14-34(5-2)15-17-35/h8-11,18,20H,4-7,12-17,21H2,1-3H3,(H,30,32,33)/b23-18+,24-22-. The summed E-state index contributed by atoms with van der Waals surface area (Å²) in [6, 6.07) is 8.40. The summed E-state index contributed by atoms with van der Waals surface area (Å²) >= 11 is 0. The molecule has 0 atom stereocenters. The molecule has 8 nitrogen and oxygen atoms in total. The number of likely N-dealkylation sites (N-methyl/N-ethyl adjacent to an activating group) is 1. The van der Waals surface area contributed by atoms with E-state index in [4.69, 9.17) is 4.98 Å². The number of aromatic nitrogens is 3. The van der Waals surface area contributed by atoms with Crippen LogP contribution in [0.25, 0.3) is 5.57 Å². The Bertz CT molecular complexity index is 1100. The molecular formula is C28H38N8. The third-order valence-electron chi connectivity index (χ3n) is 7.15. The van der Waals surface area contributed by atoms with Gasteiger partial charge in [-0.2, -0.15) is 5.26 Å². The maximum atomic E-state index is 9.81. The highest BCUT2D eigenvalue weighted by atomic mass is 15.3. The first-order valence-corrected chi connectivity index (χ1v) is 13.2. The van der Waals surface area contributed by atoms with Crippen LogP contribution in [-0.4, -0.2) is 75.5 Å². The number of allylic oxidation sites excluding steroid dienone is 4. The van der Waals surface area contributed by atoms with Crippen LogP contribution in [-0.2, 0) is 6.54 Å².